The number of benzene rings is 1. The fourth-order valence-corrected chi connectivity index (χ4v) is 10.8. The number of rotatable bonds is 53. The molecule has 25 N–H and O–H groups in total. The molecule has 0 radical (unpaired) electrons. The van der Waals surface area contributed by atoms with E-state index in [0.29, 0.717) is 5.56 Å². The lowest BCUT2D eigenvalue weighted by atomic mass is 10.00. The van der Waals surface area contributed by atoms with Crippen molar-refractivity contribution in [2.75, 3.05) is 6.61 Å². The van der Waals surface area contributed by atoms with Gasteiger partial charge in [-0.1, -0.05) is 71.9 Å². The molecule has 116 heavy (non-hydrogen) atoms. The lowest BCUT2D eigenvalue weighted by Crippen LogP contribution is -2.62. The Balaban J connectivity index is 3.54. The number of amides is 16. The highest BCUT2D eigenvalue weighted by molar-refractivity contribution is 6.02. The summed E-state index contributed by atoms with van der Waals surface area (Å²) < 4.78 is 0. The van der Waals surface area contributed by atoms with Crippen molar-refractivity contribution < 1.29 is 142 Å². The number of aliphatic hydroxyl groups excluding tert-OH is 3. The van der Waals surface area contributed by atoms with Gasteiger partial charge in [-0.2, -0.15) is 0 Å². The number of carboxylic acid groups (broad SMARTS) is 5. The fourth-order valence-electron chi connectivity index (χ4n) is 10.8. The van der Waals surface area contributed by atoms with Crippen LogP contribution in [0.5, 0.6) is 0 Å². The van der Waals surface area contributed by atoms with Gasteiger partial charge in [-0.3, -0.25) is 101 Å². The third kappa shape index (κ3) is 38.7. The van der Waals surface area contributed by atoms with Crippen LogP contribution < -0.4 is 85.5 Å². The molecule has 0 saturated heterocycles. The summed E-state index contributed by atoms with van der Waals surface area (Å²) in [6.07, 6.45) is -11.3. The summed E-state index contributed by atoms with van der Waals surface area (Å²) in [5.74, 6) is -28.3. The molecule has 1 aromatic carbocycles. The van der Waals surface area contributed by atoms with Crippen molar-refractivity contribution >= 4 is 124 Å². The molecule has 0 aliphatic carbocycles. The van der Waals surface area contributed by atoms with Gasteiger partial charge in [0.25, 0.3) is 0 Å². The molecule has 0 heterocycles. The van der Waals surface area contributed by atoms with Crippen molar-refractivity contribution in [1.82, 2.24) is 79.8 Å². The number of hydrogen-bond donors (Lipinski definition) is 24. The first kappa shape index (κ1) is 102. The largest absolute Gasteiger partial charge is 0.481 e. The highest BCUT2D eigenvalue weighted by atomic mass is 16.4. The number of hydrogen-bond acceptors (Lipinski definition) is 24. The highest BCUT2D eigenvalue weighted by Gasteiger charge is 2.40. The average molecular weight is 1650 g/mol. The second-order valence-electron chi connectivity index (χ2n) is 28.8. The van der Waals surface area contributed by atoms with Gasteiger partial charge in [0.15, 0.2) is 0 Å². The molecule has 0 saturated carbocycles. The molecule has 0 aliphatic heterocycles. The van der Waals surface area contributed by atoms with Crippen LogP contribution in [0, 0.1) is 17.8 Å². The maximum absolute atomic E-state index is 14.3. The van der Waals surface area contributed by atoms with E-state index in [-0.39, 0.29) is 31.6 Å². The smallest absolute Gasteiger partial charge is 0.305 e. The van der Waals surface area contributed by atoms with E-state index in [9.17, 15) is 142 Å². The normalized spacial score (nSPS) is 15.5. The molecule has 0 unspecified atom stereocenters. The fraction of sp³-hybridized carbons (Fsp3) is 0.620. The van der Waals surface area contributed by atoms with E-state index in [4.69, 9.17) is 5.73 Å². The van der Waals surface area contributed by atoms with Crippen LogP contribution in [0.3, 0.4) is 0 Å². The predicted molar refractivity (Wildman–Crippen MR) is 400 cm³/mol. The molecule has 0 fully saturated rings. The van der Waals surface area contributed by atoms with Crippen molar-refractivity contribution in [3.05, 3.63) is 35.9 Å². The predicted octanol–water partition coefficient (Wildman–Crippen LogP) is -7.89. The Morgan fingerprint density at radius 1 is 0.310 bits per heavy atom. The standard InChI is InChI=1S/C71H110N16O29/c1-30(2)22-42(63(108)74-35(9)60(105)85-49(29-88)57(72)102)84-71(116)56(37(11)90)87-69(114)48(28-54(100)101)83-65(110)44(24-32(5)6)80-62(107)41(19-21-51(94)95)77-61(106)40(18-20-50(92)93)78-64(109)43(23-31(3)4)81-67(112)47(27-53(98)99)79-59(104)34(8)73-58(103)33(7)75-70(115)55(36(10)89)86-68(113)45(25-39-16-14-13-15-17-39)82-66(111)46(26-52(96)97)76-38(12)91/h13-17,30-37,40-49,55-56,88-90H,18-29H2,1-12H3,(H2,72,102)(H,73,103)(H,74,108)(H,75,115)(H,76,91)(H,77,106)(H,78,109)(H,79,104)(H,80,107)(H,81,112)(H,82,111)(H,83,110)(H,84,116)(H,85,105)(H,86,113)(H,87,114)(H,92,93)(H,94,95)(H,96,97)(H,98,99)(H,100,101)/t33-,34-,35-,36+,37+,40-,41-,42-,43-,44-,45-,46-,47-,48-,49-,55-,56-/m0/s1. The molecule has 17 atom stereocenters. The van der Waals surface area contributed by atoms with E-state index in [1.807, 2.05) is 0 Å². The monoisotopic (exact) mass is 1650 g/mol. The van der Waals surface area contributed by atoms with Crippen LogP contribution in [-0.4, -0.2) is 275 Å². The lowest BCUT2D eigenvalue weighted by molar-refractivity contribution is -0.142. The van der Waals surface area contributed by atoms with Crippen molar-refractivity contribution in [3.8, 4) is 0 Å². The van der Waals surface area contributed by atoms with E-state index < -0.39 is 291 Å². The van der Waals surface area contributed by atoms with E-state index in [1.165, 1.54) is 6.92 Å². The molecular formula is C71H110N16O29. The van der Waals surface area contributed by atoms with Crippen LogP contribution in [0.4, 0.5) is 0 Å². The molecule has 16 amide bonds. The van der Waals surface area contributed by atoms with Crippen molar-refractivity contribution in [2.24, 2.45) is 23.5 Å². The van der Waals surface area contributed by atoms with Gasteiger partial charge in [-0.05, 0) is 90.0 Å². The third-order valence-electron chi connectivity index (χ3n) is 16.8. The number of aliphatic carboxylic acids is 5. The molecule has 0 aliphatic rings. The summed E-state index contributed by atoms with van der Waals surface area (Å²) in [7, 11) is 0. The summed E-state index contributed by atoms with van der Waals surface area (Å²) in [5, 5.41) is 113. The van der Waals surface area contributed by atoms with Crippen LogP contribution in [-0.2, 0) is 107 Å². The first-order valence-corrected chi connectivity index (χ1v) is 36.8. The van der Waals surface area contributed by atoms with Crippen LogP contribution in [0.1, 0.15) is 153 Å². The van der Waals surface area contributed by atoms with Gasteiger partial charge in [-0.15, -0.1) is 0 Å². The van der Waals surface area contributed by atoms with Crippen molar-refractivity contribution in [3.63, 3.8) is 0 Å². The van der Waals surface area contributed by atoms with Crippen molar-refractivity contribution in [1.29, 1.82) is 0 Å². The Hall–Kier alpha value is -12.0. The quantitative estimate of drug-likeness (QED) is 0.0288. The average Bonchev–Trinajstić information content (AvgIpc) is 0.850. The molecule has 45 nitrogen and oxygen atoms in total. The Kier molecular flexibility index (Phi) is 44.2. The number of nitrogens with two attached hydrogens (primary N) is 1. The first-order chi connectivity index (χ1) is 53.9. The Morgan fingerprint density at radius 2 is 0.569 bits per heavy atom. The highest BCUT2D eigenvalue weighted by Crippen LogP contribution is 2.15. The molecule has 648 valence electrons. The maximum atomic E-state index is 14.3. The van der Waals surface area contributed by atoms with Crippen LogP contribution >= 0.6 is 0 Å². The number of aliphatic hydroxyl groups is 3. The number of carbonyl (C=O) groups excluding carboxylic acids is 16. The zero-order chi connectivity index (χ0) is 88.9. The lowest BCUT2D eigenvalue weighted by Gasteiger charge is -2.29. The number of carbonyl (C=O) groups is 21. The minimum absolute atomic E-state index is 0.126. The van der Waals surface area contributed by atoms with Gasteiger partial charge in [0.05, 0.1) is 38.1 Å². The minimum Gasteiger partial charge on any atom is -0.481 e. The van der Waals surface area contributed by atoms with E-state index in [1.54, 1.807) is 71.9 Å². The van der Waals surface area contributed by atoms with Crippen molar-refractivity contribution in [2.45, 2.75) is 257 Å². The van der Waals surface area contributed by atoms with Crippen LogP contribution in [0.15, 0.2) is 30.3 Å². The molecule has 1 aromatic rings. The maximum Gasteiger partial charge on any atom is 0.305 e. The molecule has 45 heteroatoms. The van der Waals surface area contributed by atoms with Gasteiger partial charge >= 0.3 is 29.8 Å². The minimum atomic E-state index is -2.13. The Bertz CT molecular complexity index is 3660. The summed E-state index contributed by atoms with van der Waals surface area (Å²) in [6, 6.07) is -18.6. The number of primary amides is 1. The molecule has 1 rings (SSSR count). The molecular weight excluding hydrogens is 1540 g/mol. The summed E-state index contributed by atoms with van der Waals surface area (Å²) in [6.45, 7) is 15.0. The van der Waals surface area contributed by atoms with Crippen LogP contribution in [0.2, 0.25) is 0 Å². The first-order valence-electron chi connectivity index (χ1n) is 36.8. The number of carboxylic acids is 5. The molecule has 0 aromatic heterocycles. The van der Waals surface area contributed by atoms with E-state index in [0.717, 1.165) is 34.6 Å². The van der Waals surface area contributed by atoms with Gasteiger partial charge in [0.1, 0.15) is 90.6 Å². The Labute approximate surface area is 665 Å². The van der Waals surface area contributed by atoms with Gasteiger partial charge in [-0.25, -0.2) is 0 Å². The zero-order valence-corrected chi connectivity index (χ0v) is 66.1. The SMILES string of the molecule is CC(=O)N[C@@H](CC(=O)O)C(=O)N[C@@H](Cc1ccccc1)C(=O)N[C@H](C(=O)N[C@@H](C)C(=O)N[C@@H](C)C(=O)N[C@@H](CC(=O)O)C(=O)N[C@@H](CC(C)C)C(=O)N[C@@H](CCC(=O)O)C(=O)N[C@@H](CCC(=O)O)C(=O)N[C@@H](CC(C)C)C(=O)N[C@@H](CC(=O)O)C(=O)N[C@H](C(=O)N[C@@H](CC(C)C)C(=O)N[C@@H](C)C(=O)N[C@@H](CO)C(N)=O)[C@@H](C)O)[C@@H](C)O. The molecule has 0 bridgehead atoms. The van der Waals surface area contributed by atoms with Crippen LogP contribution in [0.25, 0.3) is 0 Å². The summed E-state index contributed by atoms with van der Waals surface area (Å²) in [5.41, 5.74) is 5.61. The van der Waals surface area contributed by atoms with Gasteiger partial charge in [0, 0.05) is 26.2 Å². The molecule has 0 spiro atoms. The van der Waals surface area contributed by atoms with E-state index >= 15 is 0 Å². The number of nitrogens with one attached hydrogen (secondary N) is 15. The second-order valence-corrected chi connectivity index (χ2v) is 28.8. The third-order valence-corrected chi connectivity index (χ3v) is 16.8. The Morgan fingerprint density at radius 3 is 0.905 bits per heavy atom. The topological polar surface area (TPSA) is 727 Å². The van der Waals surface area contributed by atoms with E-state index in [2.05, 4.69) is 79.8 Å². The van der Waals surface area contributed by atoms with Gasteiger partial charge < -0.3 is 126 Å². The summed E-state index contributed by atoms with van der Waals surface area (Å²) >= 11 is 0. The zero-order valence-electron chi connectivity index (χ0n) is 66.1. The second kappa shape index (κ2) is 50.2. The van der Waals surface area contributed by atoms with Gasteiger partial charge in [0.2, 0.25) is 94.5 Å². The summed E-state index contributed by atoms with van der Waals surface area (Å²) in [4.78, 5) is 276.